The second-order valence-electron chi connectivity index (χ2n) is 5.52. The highest BCUT2D eigenvalue weighted by molar-refractivity contribution is 7.80. The Morgan fingerprint density at radius 2 is 1.79 bits per heavy atom. The highest BCUT2D eigenvalue weighted by Crippen LogP contribution is 2.27. The third kappa shape index (κ3) is 4.69. The molecule has 0 atom stereocenters. The quantitative estimate of drug-likeness (QED) is 0.567. The van der Waals surface area contributed by atoms with Gasteiger partial charge in [-0.1, -0.05) is 36.7 Å². The number of amides is 1. The molecule has 2 aromatic rings. The smallest absolute Gasteiger partial charge is 0.269 e. The first-order valence-corrected chi connectivity index (χ1v) is 8.42. The summed E-state index contributed by atoms with van der Waals surface area (Å²) in [5.41, 5.74) is 9.78. The van der Waals surface area contributed by atoms with Gasteiger partial charge in [0.15, 0.2) is 5.11 Å². The molecule has 0 aliphatic heterocycles. The molecule has 0 bridgehead atoms. The second-order valence-corrected chi connectivity index (χ2v) is 6.34. The van der Waals surface area contributed by atoms with E-state index in [1.54, 1.807) is 12.1 Å². The third-order valence-corrected chi connectivity index (χ3v) is 4.09. The van der Waals surface area contributed by atoms with Crippen LogP contribution in [0.4, 0.5) is 5.69 Å². The Morgan fingerprint density at radius 3 is 2.38 bits per heavy atom. The van der Waals surface area contributed by atoms with E-state index in [9.17, 15) is 4.79 Å². The van der Waals surface area contributed by atoms with Gasteiger partial charge in [0.2, 0.25) is 0 Å². The number of carbonyl (C=O) groups excluding carboxylic acids is 1. The Balaban J connectivity index is 1.94. The molecule has 6 heteroatoms. The molecule has 0 aromatic heterocycles. The summed E-state index contributed by atoms with van der Waals surface area (Å²) in [6.45, 7) is 5.99. The van der Waals surface area contributed by atoms with E-state index in [4.69, 9.17) is 23.8 Å². The van der Waals surface area contributed by atoms with E-state index in [0.717, 1.165) is 23.2 Å². The first kappa shape index (κ1) is 18.2. The van der Waals surface area contributed by atoms with Crippen molar-refractivity contribution in [2.24, 2.45) is 0 Å². The predicted octanol–water partition coefficient (Wildman–Crippen LogP) is 4.15. The van der Waals surface area contributed by atoms with Gasteiger partial charge in [-0.3, -0.25) is 15.6 Å². The molecule has 4 nitrogen and oxygen atoms in total. The van der Waals surface area contributed by atoms with Crippen molar-refractivity contribution in [3.8, 4) is 0 Å². The molecule has 0 saturated heterocycles. The number of hydrogen-bond donors (Lipinski definition) is 3. The van der Waals surface area contributed by atoms with Crippen LogP contribution in [0.5, 0.6) is 0 Å². The van der Waals surface area contributed by atoms with Crippen LogP contribution in [0, 0.1) is 13.8 Å². The molecule has 0 spiro atoms. The molecule has 0 fully saturated rings. The fourth-order valence-electron chi connectivity index (χ4n) is 2.30. The van der Waals surface area contributed by atoms with Crippen molar-refractivity contribution in [1.29, 1.82) is 0 Å². The number of thiocarbonyl (C=S) groups is 1. The maximum atomic E-state index is 12.1. The summed E-state index contributed by atoms with van der Waals surface area (Å²) in [5.74, 6) is -0.256. The van der Waals surface area contributed by atoms with E-state index >= 15 is 0 Å². The zero-order valence-corrected chi connectivity index (χ0v) is 15.4. The summed E-state index contributed by atoms with van der Waals surface area (Å²) in [7, 11) is 0. The maximum absolute atomic E-state index is 12.1. The van der Waals surface area contributed by atoms with Gasteiger partial charge in [0, 0.05) is 5.56 Å². The average Bonchev–Trinajstić information content (AvgIpc) is 2.56. The number of anilines is 1. The summed E-state index contributed by atoms with van der Waals surface area (Å²) < 4.78 is 0. The second kappa shape index (κ2) is 8.13. The van der Waals surface area contributed by atoms with Crippen molar-refractivity contribution < 1.29 is 4.79 Å². The third-order valence-electron chi connectivity index (χ3n) is 3.58. The lowest BCUT2D eigenvalue weighted by Gasteiger charge is -2.15. The number of benzene rings is 2. The first-order chi connectivity index (χ1) is 11.4. The fourth-order valence-corrected chi connectivity index (χ4v) is 2.82. The number of carbonyl (C=O) groups is 1. The van der Waals surface area contributed by atoms with Gasteiger partial charge in [-0.15, -0.1) is 0 Å². The SMILES string of the molecule is CCc1ccc(C(=O)NNC(=S)Nc2c(C)cc(C)cc2Cl)cc1. The molecule has 0 aliphatic carbocycles. The number of hydrazine groups is 1. The van der Waals surface area contributed by atoms with Crippen LogP contribution in [0.3, 0.4) is 0 Å². The lowest BCUT2D eigenvalue weighted by Crippen LogP contribution is -2.43. The topological polar surface area (TPSA) is 53.2 Å². The molecular weight excluding hydrogens is 342 g/mol. The Labute approximate surface area is 152 Å². The molecule has 3 N–H and O–H groups in total. The van der Waals surface area contributed by atoms with Gasteiger partial charge in [0.25, 0.3) is 5.91 Å². The minimum absolute atomic E-state index is 0.256. The van der Waals surface area contributed by atoms with Crippen molar-refractivity contribution in [2.45, 2.75) is 27.2 Å². The van der Waals surface area contributed by atoms with E-state index in [1.807, 2.05) is 38.1 Å². The molecule has 0 aliphatic rings. The fraction of sp³-hybridized carbons (Fsp3) is 0.222. The molecular formula is C18H20ClN3OS. The van der Waals surface area contributed by atoms with Crippen LogP contribution in [-0.2, 0) is 6.42 Å². The van der Waals surface area contributed by atoms with E-state index < -0.39 is 0 Å². The maximum Gasteiger partial charge on any atom is 0.269 e. The van der Waals surface area contributed by atoms with Gasteiger partial charge < -0.3 is 5.32 Å². The molecule has 0 saturated carbocycles. The Morgan fingerprint density at radius 1 is 1.12 bits per heavy atom. The normalized spacial score (nSPS) is 10.2. The van der Waals surface area contributed by atoms with Gasteiger partial charge in [-0.2, -0.15) is 0 Å². The lowest BCUT2D eigenvalue weighted by molar-refractivity contribution is 0.0944. The zero-order chi connectivity index (χ0) is 17.7. The highest BCUT2D eigenvalue weighted by atomic mass is 35.5. The number of rotatable bonds is 3. The first-order valence-electron chi connectivity index (χ1n) is 7.63. The van der Waals surface area contributed by atoms with Gasteiger partial charge in [-0.05, 0) is 67.4 Å². The van der Waals surface area contributed by atoms with Crippen LogP contribution in [0.25, 0.3) is 0 Å². The van der Waals surface area contributed by atoms with Gasteiger partial charge >= 0.3 is 0 Å². The summed E-state index contributed by atoms with van der Waals surface area (Å²) in [5, 5.41) is 3.85. The van der Waals surface area contributed by atoms with Gasteiger partial charge in [-0.25, -0.2) is 0 Å². The van der Waals surface area contributed by atoms with Crippen LogP contribution >= 0.6 is 23.8 Å². The van der Waals surface area contributed by atoms with Crippen molar-refractivity contribution in [1.82, 2.24) is 10.9 Å². The Bertz CT molecular complexity index is 736. The number of nitrogens with one attached hydrogen (secondary N) is 3. The van der Waals surface area contributed by atoms with Gasteiger partial charge in [0.1, 0.15) is 0 Å². The summed E-state index contributed by atoms with van der Waals surface area (Å²) in [4.78, 5) is 12.1. The van der Waals surface area contributed by atoms with Crippen LogP contribution in [0.2, 0.25) is 5.02 Å². The van der Waals surface area contributed by atoms with E-state index in [2.05, 4.69) is 23.1 Å². The van der Waals surface area contributed by atoms with Crippen molar-refractivity contribution >= 4 is 40.5 Å². The Hall–Kier alpha value is -2.11. The highest BCUT2D eigenvalue weighted by Gasteiger charge is 2.09. The van der Waals surface area contributed by atoms with Gasteiger partial charge in [0.05, 0.1) is 10.7 Å². The number of aryl methyl sites for hydroxylation is 3. The van der Waals surface area contributed by atoms with E-state index in [1.165, 1.54) is 5.56 Å². The summed E-state index contributed by atoms with van der Waals surface area (Å²) in [6.07, 6.45) is 0.935. The van der Waals surface area contributed by atoms with Crippen LogP contribution in [0.15, 0.2) is 36.4 Å². The van der Waals surface area contributed by atoms with Crippen LogP contribution < -0.4 is 16.2 Å². The Kier molecular flexibility index (Phi) is 6.17. The molecule has 126 valence electrons. The van der Waals surface area contributed by atoms with E-state index in [0.29, 0.717) is 10.6 Å². The standard InChI is InChI=1S/C18H20ClN3OS/c1-4-13-5-7-14(8-6-13)17(23)21-22-18(24)20-16-12(3)9-11(2)10-15(16)19/h5-10H,4H2,1-3H3,(H,21,23)(H2,20,22,24). The molecule has 0 radical (unpaired) electrons. The summed E-state index contributed by atoms with van der Waals surface area (Å²) >= 11 is 11.4. The minimum atomic E-state index is -0.256. The number of halogens is 1. The van der Waals surface area contributed by atoms with Crippen LogP contribution in [-0.4, -0.2) is 11.0 Å². The lowest BCUT2D eigenvalue weighted by atomic mass is 10.1. The van der Waals surface area contributed by atoms with Crippen molar-refractivity contribution in [2.75, 3.05) is 5.32 Å². The summed E-state index contributed by atoms with van der Waals surface area (Å²) in [6, 6.07) is 11.3. The number of hydrogen-bond acceptors (Lipinski definition) is 2. The minimum Gasteiger partial charge on any atom is -0.330 e. The molecule has 2 aromatic carbocycles. The predicted molar refractivity (Wildman–Crippen MR) is 104 cm³/mol. The molecule has 1 amide bonds. The monoisotopic (exact) mass is 361 g/mol. The van der Waals surface area contributed by atoms with Crippen molar-refractivity contribution in [3.05, 3.63) is 63.7 Å². The zero-order valence-electron chi connectivity index (χ0n) is 13.9. The molecule has 0 heterocycles. The van der Waals surface area contributed by atoms with Crippen molar-refractivity contribution in [3.63, 3.8) is 0 Å². The largest absolute Gasteiger partial charge is 0.330 e. The molecule has 2 rings (SSSR count). The average molecular weight is 362 g/mol. The molecule has 0 unspecified atom stereocenters. The molecule has 24 heavy (non-hydrogen) atoms. The van der Waals surface area contributed by atoms with Crippen LogP contribution in [0.1, 0.15) is 34.0 Å². The van der Waals surface area contributed by atoms with E-state index in [-0.39, 0.29) is 11.0 Å².